The van der Waals surface area contributed by atoms with Crippen LogP contribution in [0.4, 0.5) is 0 Å². The summed E-state index contributed by atoms with van der Waals surface area (Å²) in [5, 5.41) is 20.5. The molecule has 0 radical (unpaired) electrons. The highest BCUT2D eigenvalue weighted by molar-refractivity contribution is 6.23. The Kier molecular flexibility index (Phi) is 9.59. The zero-order valence-corrected chi connectivity index (χ0v) is 26.7. The minimum Gasteiger partial charge on any atom is -0.871 e. The Morgan fingerprint density at radius 1 is 0.953 bits per heavy atom. The second-order valence-corrected chi connectivity index (χ2v) is 13.6. The fraction of sp³-hybridized carbons (Fsp3) is 0.412. The number of carbonyl (C=O) groups excluding carboxylic acids is 3. The van der Waals surface area contributed by atoms with E-state index in [0.717, 1.165) is 17.0 Å². The molecule has 2 aromatic rings. The number of ether oxygens (including phenoxy) is 2. The molecule has 0 bridgehead atoms. The smallest absolute Gasteiger partial charge is 0.349 e. The molecule has 1 heterocycles. The van der Waals surface area contributed by atoms with Crippen LogP contribution in [0, 0.1) is 5.41 Å². The Labute approximate surface area is 253 Å². The lowest BCUT2D eigenvalue weighted by molar-refractivity contribution is -0.297. The Morgan fingerprint density at radius 2 is 1.58 bits per heavy atom. The zero-order chi connectivity index (χ0) is 32.3. The first kappa shape index (κ1) is 33.1. The summed E-state index contributed by atoms with van der Waals surface area (Å²) in [6.45, 7) is 17.9. The number of nitrogens with one attached hydrogen (secondary N) is 2. The number of fused-ring (bicyclic) bond motifs is 1. The van der Waals surface area contributed by atoms with Crippen LogP contribution in [-0.2, 0) is 19.1 Å². The molecule has 1 amide bonds. The number of dihydropyridines is 1. The van der Waals surface area contributed by atoms with E-state index in [1.807, 2.05) is 52.0 Å². The van der Waals surface area contributed by atoms with Gasteiger partial charge in [-0.15, -0.1) is 0 Å². The third-order valence-corrected chi connectivity index (χ3v) is 6.30. The highest BCUT2D eigenvalue weighted by Gasteiger charge is 2.36. The molecule has 0 fully saturated rings. The lowest BCUT2D eigenvalue weighted by Crippen LogP contribution is -2.51. The van der Waals surface area contributed by atoms with Crippen LogP contribution in [-0.4, -0.2) is 41.3 Å². The number of amides is 1. The predicted octanol–water partition coefficient (Wildman–Crippen LogP) is 5.16. The van der Waals surface area contributed by atoms with Gasteiger partial charge in [-0.3, -0.25) is 9.79 Å². The van der Waals surface area contributed by atoms with E-state index < -0.39 is 40.5 Å². The molecular weight excluding hydrogens is 546 g/mol. The van der Waals surface area contributed by atoms with Gasteiger partial charge in [-0.2, -0.15) is 0 Å². The van der Waals surface area contributed by atoms with Crippen LogP contribution in [0.2, 0.25) is 0 Å². The molecule has 43 heavy (non-hydrogen) atoms. The normalized spacial score (nSPS) is 16.1. The molecule has 3 rings (SSSR count). The summed E-state index contributed by atoms with van der Waals surface area (Å²) in [6.07, 6.45) is 3.66. The Balaban J connectivity index is 2.10. The first-order chi connectivity index (χ1) is 19.8. The third-order valence-electron chi connectivity index (χ3n) is 6.30. The van der Waals surface area contributed by atoms with Gasteiger partial charge in [0.05, 0.1) is 0 Å². The molecule has 0 aliphatic carbocycles. The van der Waals surface area contributed by atoms with Crippen LogP contribution < -0.4 is 15.7 Å². The summed E-state index contributed by atoms with van der Waals surface area (Å²) in [4.78, 5) is 43.1. The number of hydrogen-bond acceptors (Lipinski definition) is 8. The second kappa shape index (κ2) is 12.5. The Bertz CT molecular complexity index is 1540. The van der Waals surface area contributed by atoms with Crippen molar-refractivity contribution in [3.63, 3.8) is 0 Å². The van der Waals surface area contributed by atoms with Crippen molar-refractivity contribution in [2.45, 2.75) is 86.5 Å². The van der Waals surface area contributed by atoms with Crippen molar-refractivity contribution in [2.75, 3.05) is 0 Å². The fourth-order valence-electron chi connectivity index (χ4n) is 4.48. The first-order valence-electron chi connectivity index (χ1n) is 14.2. The average Bonchev–Trinajstić information content (AvgIpc) is 2.85. The molecule has 0 unspecified atom stereocenters. The summed E-state index contributed by atoms with van der Waals surface area (Å²) >= 11 is 0. The number of carbonyl (C=O) groups is 3. The number of allylic oxidation sites excluding steroid dienone is 2. The van der Waals surface area contributed by atoms with Crippen molar-refractivity contribution in [2.24, 2.45) is 10.4 Å². The highest BCUT2D eigenvalue weighted by atomic mass is 16.6. The lowest BCUT2D eigenvalue weighted by atomic mass is 9.86. The maximum Gasteiger partial charge on any atom is 0.349 e. The molecule has 2 N–H and O–H groups in total. The third kappa shape index (κ3) is 8.80. The molecule has 9 heteroatoms. The Hall–Kier alpha value is -4.40. The van der Waals surface area contributed by atoms with Crippen molar-refractivity contribution >= 4 is 40.4 Å². The van der Waals surface area contributed by atoms with Gasteiger partial charge in [0, 0.05) is 23.0 Å². The van der Waals surface area contributed by atoms with Gasteiger partial charge >= 0.3 is 11.9 Å². The summed E-state index contributed by atoms with van der Waals surface area (Å²) in [6, 6.07) is 10.0. The van der Waals surface area contributed by atoms with Gasteiger partial charge in [-0.05, 0) is 94.1 Å². The zero-order valence-electron chi connectivity index (χ0n) is 26.7. The van der Waals surface area contributed by atoms with Crippen molar-refractivity contribution in [1.82, 2.24) is 10.6 Å². The molecule has 0 spiro atoms. The van der Waals surface area contributed by atoms with Gasteiger partial charge in [0.15, 0.2) is 0 Å². The molecule has 1 aliphatic rings. The topological polar surface area (TPSA) is 129 Å². The number of hydrogen-bond donors (Lipinski definition) is 2. The van der Waals surface area contributed by atoms with Crippen molar-refractivity contribution in [3.8, 4) is 0 Å². The summed E-state index contributed by atoms with van der Waals surface area (Å²) < 4.78 is 10.9. The monoisotopic (exact) mass is 588 g/mol. The van der Waals surface area contributed by atoms with Crippen LogP contribution in [0.5, 0.6) is 0 Å². The van der Waals surface area contributed by atoms with Crippen LogP contribution in [0.3, 0.4) is 0 Å². The standard InChI is InChI=1S/C34H43N3O6/c1-20-28(25(26(38)18-36-20)17-35-19-27(39)42-33(5,6)7)24-16-22(15-21-13-11-12-14-23(21)24)30(40)37-29(32(2,3)4)31(41)43-34(8,9)10/h11-19,29,36,38H,1-10H3,(H,37,40)/p-1/b25-17+,35-19?/t29-/m1/s1. The molecule has 9 nitrogen and oxygen atoms in total. The maximum atomic E-state index is 13.7. The van der Waals surface area contributed by atoms with Crippen LogP contribution in [0.1, 0.15) is 85.2 Å². The molecule has 0 saturated carbocycles. The minimum atomic E-state index is -0.916. The SMILES string of the molecule is CC1=C(c2cc(C(=O)N[C@H](C(=O)OC(C)(C)C)C(C)(C)C)cc3ccccc23)/C(=C/N=CC(=O)OC(C)(C)C)C([O-])=CN1. The maximum absolute atomic E-state index is 13.7. The van der Waals surface area contributed by atoms with Gasteiger partial charge in [-0.1, -0.05) is 50.8 Å². The van der Waals surface area contributed by atoms with E-state index in [4.69, 9.17) is 9.47 Å². The van der Waals surface area contributed by atoms with Gasteiger partial charge in [0.1, 0.15) is 23.5 Å². The van der Waals surface area contributed by atoms with Crippen molar-refractivity contribution in [1.29, 1.82) is 0 Å². The summed E-state index contributed by atoms with van der Waals surface area (Å²) in [5.74, 6) is -1.98. The highest BCUT2D eigenvalue weighted by Crippen LogP contribution is 2.37. The number of nitrogens with zero attached hydrogens (tertiary/aromatic N) is 1. The summed E-state index contributed by atoms with van der Waals surface area (Å²) in [5.41, 5.74) is 0.280. The van der Waals surface area contributed by atoms with Gasteiger partial charge < -0.3 is 25.2 Å². The molecule has 0 aromatic heterocycles. The van der Waals surface area contributed by atoms with Crippen molar-refractivity contribution in [3.05, 3.63) is 77.0 Å². The molecule has 1 atom stereocenters. The average molecular weight is 589 g/mol. The van der Waals surface area contributed by atoms with Gasteiger partial charge in [0.2, 0.25) is 0 Å². The number of benzene rings is 2. The number of rotatable bonds is 6. The quantitative estimate of drug-likeness (QED) is 0.352. The number of esters is 2. The minimum absolute atomic E-state index is 0.236. The van der Waals surface area contributed by atoms with Crippen LogP contribution in [0.25, 0.3) is 16.3 Å². The van der Waals surface area contributed by atoms with Crippen LogP contribution in [0.15, 0.2) is 70.8 Å². The van der Waals surface area contributed by atoms with E-state index in [1.54, 1.807) is 53.7 Å². The van der Waals surface area contributed by atoms with Crippen molar-refractivity contribution < 1.29 is 29.0 Å². The van der Waals surface area contributed by atoms with Gasteiger partial charge in [-0.25, -0.2) is 9.59 Å². The first-order valence-corrected chi connectivity index (χ1v) is 14.2. The second-order valence-electron chi connectivity index (χ2n) is 13.6. The largest absolute Gasteiger partial charge is 0.871 e. The van der Waals surface area contributed by atoms with E-state index in [9.17, 15) is 19.5 Å². The van der Waals surface area contributed by atoms with Crippen LogP contribution >= 0.6 is 0 Å². The molecule has 2 aromatic carbocycles. The van der Waals surface area contributed by atoms with E-state index in [1.165, 1.54) is 12.4 Å². The molecular formula is C34H42N3O6-. The Morgan fingerprint density at radius 3 is 2.19 bits per heavy atom. The lowest BCUT2D eigenvalue weighted by Gasteiger charge is -2.32. The predicted molar refractivity (Wildman–Crippen MR) is 167 cm³/mol. The molecule has 0 saturated heterocycles. The number of aliphatic imine (C=N–C) groups is 1. The molecule has 1 aliphatic heterocycles. The molecule has 230 valence electrons. The van der Waals surface area contributed by atoms with E-state index >= 15 is 0 Å². The summed E-state index contributed by atoms with van der Waals surface area (Å²) in [7, 11) is 0. The van der Waals surface area contributed by atoms with E-state index in [0.29, 0.717) is 22.4 Å². The van der Waals surface area contributed by atoms with E-state index in [2.05, 4.69) is 15.6 Å². The van der Waals surface area contributed by atoms with Gasteiger partial charge in [0.25, 0.3) is 5.91 Å². The van der Waals surface area contributed by atoms with E-state index in [-0.39, 0.29) is 11.3 Å². The fourth-order valence-corrected chi connectivity index (χ4v) is 4.48.